The molecule has 2 rings (SSSR count). The second kappa shape index (κ2) is 7.41. The molecule has 0 aromatic heterocycles. The summed E-state index contributed by atoms with van der Waals surface area (Å²) in [5.41, 5.74) is 0.830. The molecule has 0 heterocycles. The van der Waals surface area contributed by atoms with Crippen LogP contribution < -0.4 is 10.1 Å². The van der Waals surface area contributed by atoms with Gasteiger partial charge in [0.25, 0.3) is 0 Å². The third-order valence-corrected chi connectivity index (χ3v) is 4.18. The summed E-state index contributed by atoms with van der Waals surface area (Å²) >= 11 is 0. The molecule has 0 saturated heterocycles. The molecule has 2 unspecified atom stereocenters. The molecule has 21 heavy (non-hydrogen) atoms. The van der Waals surface area contributed by atoms with E-state index in [1.807, 2.05) is 6.07 Å². The Bertz CT molecular complexity index is 492. The summed E-state index contributed by atoms with van der Waals surface area (Å²) in [6.07, 6.45) is 3.80. The minimum Gasteiger partial charge on any atom is -0.494 e. The van der Waals surface area contributed by atoms with E-state index in [4.69, 9.17) is 4.74 Å². The third kappa shape index (κ3) is 4.17. The van der Waals surface area contributed by atoms with Crippen molar-refractivity contribution < 1.29 is 19.0 Å². The molecule has 1 aromatic rings. The third-order valence-electron chi connectivity index (χ3n) is 4.18. The van der Waals surface area contributed by atoms with Crippen LogP contribution in [0.15, 0.2) is 18.2 Å². The van der Waals surface area contributed by atoms with Gasteiger partial charge in [0.05, 0.1) is 13.0 Å². The summed E-state index contributed by atoms with van der Waals surface area (Å²) < 4.78 is 18.4. The molecule has 5 heteroatoms. The molecule has 0 amide bonds. The van der Waals surface area contributed by atoms with Gasteiger partial charge in [-0.05, 0) is 43.0 Å². The van der Waals surface area contributed by atoms with Crippen molar-refractivity contribution in [2.75, 3.05) is 13.7 Å². The van der Waals surface area contributed by atoms with Gasteiger partial charge in [0.2, 0.25) is 0 Å². The first-order valence-corrected chi connectivity index (χ1v) is 7.37. The fraction of sp³-hybridized carbons (Fsp3) is 0.562. The van der Waals surface area contributed by atoms with E-state index in [1.54, 1.807) is 6.07 Å². The highest BCUT2D eigenvalue weighted by Crippen LogP contribution is 2.29. The number of aliphatic carboxylic acids is 1. The highest BCUT2D eigenvalue weighted by Gasteiger charge is 2.30. The highest BCUT2D eigenvalue weighted by molar-refractivity contribution is 5.70. The summed E-state index contributed by atoms with van der Waals surface area (Å²) in [6, 6.07) is 4.86. The minimum absolute atomic E-state index is 0.166. The van der Waals surface area contributed by atoms with E-state index in [2.05, 4.69) is 5.32 Å². The Balaban J connectivity index is 1.85. The van der Waals surface area contributed by atoms with Gasteiger partial charge < -0.3 is 15.2 Å². The minimum atomic E-state index is -0.697. The Morgan fingerprint density at radius 1 is 1.43 bits per heavy atom. The van der Waals surface area contributed by atoms with E-state index in [-0.39, 0.29) is 23.4 Å². The molecule has 0 bridgehead atoms. The monoisotopic (exact) mass is 295 g/mol. The summed E-state index contributed by atoms with van der Waals surface area (Å²) in [6.45, 7) is 1.19. The number of benzene rings is 1. The molecule has 0 spiro atoms. The fourth-order valence-corrected chi connectivity index (χ4v) is 3.00. The van der Waals surface area contributed by atoms with Crippen LogP contribution in [0.4, 0.5) is 4.39 Å². The first kappa shape index (κ1) is 15.8. The van der Waals surface area contributed by atoms with Crippen molar-refractivity contribution in [2.24, 2.45) is 11.8 Å². The fourth-order valence-electron chi connectivity index (χ4n) is 3.00. The number of hydrogen-bond donors (Lipinski definition) is 2. The van der Waals surface area contributed by atoms with Crippen molar-refractivity contribution in [3.8, 4) is 5.75 Å². The van der Waals surface area contributed by atoms with Crippen molar-refractivity contribution in [1.29, 1.82) is 0 Å². The SMILES string of the molecule is COc1ccc(CNCC2CCCCC2C(=O)O)cc1F. The quantitative estimate of drug-likeness (QED) is 0.847. The van der Waals surface area contributed by atoms with E-state index < -0.39 is 5.97 Å². The van der Waals surface area contributed by atoms with Gasteiger partial charge in [-0.25, -0.2) is 4.39 Å². The summed E-state index contributed by atoms with van der Waals surface area (Å²) in [5, 5.41) is 12.5. The molecule has 0 radical (unpaired) electrons. The van der Waals surface area contributed by atoms with Crippen LogP contribution in [0.25, 0.3) is 0 Å². The molecule has 0 aliphatic heterocycles. The van der Waals surface area contributed by atoms with Crippen LogP contribution in [0, 0.1) is 17.7 Å². The highest BCUT2D eigenvalue weighted by atomic mass is 19.1. The first-order chi connectivity index (χ1) is 10.1. The van der Waals surface area contributed by atoms with Crippen molar-refractivity contribution in [2.45, 2.75) is 32.2 Å². The number of nitrogens with one attached hydrogen (secondary N) is 1. The largest absolute Gasteiger partial charge is 0.494 e. The van der Waals surface area contributed by atoms with Gasteiger partial charge in [-0.3, -0.25) is 4.79 Å². The first-order valence-electron chi connectivity index (χ1n) is 7.37. The molecule has 1 saturated carbocycles. The lowest BCUT2D eigenvalue weighted by molar-refractivity contribution is -0.144. The van der Waals surface area contributed by atoms with Gasteiger partial charge >= 0.3 is 5.97 Å². The lowest BCUT2D eigenvalue weighted by Gasteiger charge is -2.28. The van der Waals surface area contributed by atoms with Gasteiger partial charge in [-0.2, -0.15) is 0 Å². The van der Waals surface area contributed by atoms with E-state index in [9.17, 15) is 14.3 Å². The Hall–Kier alpha value is -1.62. The summed E-state index contributed by atoms with van der Waals surface area (Å²) in [4.78, 5) is 11.2. The number of carboxylic acids is 1. The zero-order valence-electron chi connectivity index (χ0n) is 12.3. The van der Waals surface area contributed by atoms with Crippen LogP contribution >= 0.6 is 0 Å². The number of carbonyl (C=O) groups is 1. The number of rotatable bonds is 6. The maximum absolute atomic E-state index is 13.6. The van der Waals surface area contributed by atoms with Crippen LogP contribution in [0.1, 0.15) is 31.2 Å². The molecular formula is C16H22FNO3. The number of halogens is 1. The second-order valence-corrected chi connectivity index (χ2v) is 5.59. The molecule has 2 atom stereocenters. The van der Waals surface area contributed by atoms with E-state index in [0.717, 1.165) is 31.2 Å². The molecule has 1 fully saturated rings. The smallest absolute Gasteiger partial charge is 0.306 e. The molecule has 1 aliphatic carbocycles. The average Bonchev–Trinajstić information content (AvgIpc) is 2.48. The number of carboxylic acid groups (broad SMARTS) is 1. The summed E-state index contributed by atoms with van der Waals surface area (Å²) in [7, 11) is 1.44. The Morgan fingerprint density at radius 2 is 2.19 bits per heavy atom. The van der Waals surface area contributed by atoms with Crippen LogP contribution in [0.3, 0.4) is 0 Å². The Morgan fingerprint density at radius 3 is 2.86 bits per heavy atom. The van der Waals surface area contributed by atoms with E-state index in [0.29, 0.717) is 13.1 Å². The van der Waals surface area contributed by atoms with Gasteiger partial charge in [0, 0.05) is 6.54 Å². The number of methoxy groups -OCH3 is 1. The van der Waals surface area contributed by atoms with Crippen molar-refractivity contribution >= 4 is 5.97 Å². The molecular weight excluding hydrogens is 273 g/mol. The number of ether oxygens (including phenoxy) is 1. The Labute approximate surface area is 124 Å². The number of hydrogen-bond acceptors (Lipinski definition) is 3. The predicted octanol–water partition coefficient (Wildman–Crippen LogP) is 2.81. The van der Waals surface area contributed by atoms with E-state index in [1.165, 1.54) is 13.2 Å². The second-order valence-electron chi connectivity index (χ2n) is 5.59. The van der Waals surface area contributed by atoms with Crippen molar-refractivity contribution in [3.63, 3.8) is 0 Å². The average molecular weight is 295 g/mol. The van der Waals surface area contributed by atoms with Crippen LogP contribution in [0.2, 0.25) is 0 Å². The zero-order valence-corrected chi connectivity index (χ0v) is 12.3. The molecule has 1 aliphatic rings. The maximum atomic E-state index is 13.6. The molecule has 2 N–H and O–H groups in total. The van der Waals surface area contributed by atoms with Gasteiger partial charge in [-0.15, -0.1) is 0 Å². The lowest BCUT2D eigenvalue weighted by atomic mass is 9.79. The molecule has 116 valence electrons. The summed E-state index contributed by atoms with van der Waals surface area (Å²) in [5.74, 6) is -0.926. The zero-order chi connectivity index (χ0) is 15.2. The van der Waals surface area contributed by atoms with Crippen LogP contribution in [0.5, 0.6) is 5.75 Å². The van der Waals surface area contributed by atoms with Gasteiger partial charge in [0.1, 0.15) is 0 Å². The molecule has 4 nitrogen and oxygen atoms in total. The predicted molar refractivity (Wildman–Crippen MR) is 77.7 cm³/mol. The van der Waals surface area contributed by atoms with Gasteiger partial charge in [0.15, 0.2) is 11.6 Å². The normalized spacial score (nSPS) is 22.0. The van der Waals surface area contributed by atoms with Crippen molar-refractivity contribution in [3.05, 3.63) is 29.6 Å². The van der Waals surface area contributed by atoms with Crippen molar-refractivity contribution in [1.82, 2.24) is 5.32 Å². The topological polar surface area (TPSA) is 58.6 Å². The van der Waals surface area contributed by atoms with Crippen LogP contribution in [-0.2, 0) is 11.3 Å². The van der Waals surface area contributed by atoms with Crippen LogP contribution in [-0.4, -0.2) is 24.7 Å². The molecule has 1 aromatic carbocycles. The lowest BCUT2D eigenvalue weighted by Crippen LogP contribution is -2.34. The standard InChI is InChI=1S/C16H22FNO3/c1-21-15-7-6-11(8-14(15)17)9-18-10-12-4-2-3-5-13(12)16(19)20/h6-8,12-13,18H,2-5,9-10H2,1H3,(H,19,20). The Kier molecular flexibility index (Phi) is 5.56. The maximum Gasteiger partial charge on any atom is 0.306 e. The van der Waals surface area contributed by atoms with Gasteiger partial charge in [-0.1, -0.05) is 18.9 Å². The van der Waals surface area contributed by atoms with E-state index >= 15 is 0 Å².